The van der Waals surface area contributed by atoms with E-state index < -0.39 is 10.1 Å². The highest BCUT2D eigenvalue weighted by molar-refractivity contribution is 7.86. The lowest BCUT2D eigenvalue weighted by Crippen LogP contribution is -2.34. The van der Waals surface area contributed by atoms with Gasteiger partial charge in [0.2, 0.25) is 5.13 Å². The number of carbonyl (C=O) groups excluding carboxylic acids is 1. The van der Waals surface area contributed by atoms with Crippen molar-refractivity contribution in [1.82, 2.24) is 4.98 Å². The standard InChI is InChI=1S/C34H40N4O5S2/c1-21(2)19-38-17-11-16-26-30(38)28(43-20-22(3)4)18-27(33(26)45(40,41)42)36-37-34-35-29(24-13-7-6-8-14-24)32(44-34)31(39)25-15-10-9-12-23(25)5/h6-10,12-15,18,21-23,25H,11,16-17,19-20H2,1-5H3,(H,40,41,42). The fourth-order valence-electron chi connectivity index (χ4n) is 5.76. The van der Waals surface area contributed by atoms with E-state index in [2.05, 4.69) is 34.0 Å². The molecule has 1 aromatic heterocycles. The van der Waals surface area contributed by atoms with Gasteiger partial charge in [0.15, 0.2) is 5.78 Å². The summed E-state index contributed by atoms with van der Waals surface area (Å²) < 4.78 is 42.5. The van der Waals surface area contributed by atoms with E-state index in [1.165, 1.54) is 0 Å². The number of benzene rings is 2. The Bertz CT molecular complexity index is 1740. The lowest BCUT2D eigenvalue weighted by molar-refractivity contribution is 0.0930. The number of azo groups is 1. The van der Waals surface area contributed by atoms with Gasteiger partial charge in [-0.25, -0.2) is 4.98 Å². The van der Waals surface area contributed by atoms with Crippen LogP contribution < -0.4 is 9.64 Å². The van der Waals surface area contributed by atoms with Gasteiger partial charge in [0.1, 0.15) is 21.2 Å². The van der Waals surface area contributed by atoms with E-state index in [1.807, 2.05) is 75.4 Å². The third kappa shape index (κ3) is 7.43. The molecule has 9 nitrogen and oxygen atoms in total. The van der Waals surface area contributed by atoms with E-state index in [0.717, 1.165) is 23.4 Å². The van der Waals surface area contributed by atoms with Crippen LogP contribution in [0.15, 0.2) is 75.8 Å². The van der Waals surface area contributed by atoms with Gasteiger partial charge in [0, 0.05) is 36.2 Å². The van der Waals surface area contributed by atoms with Crippen molar-refractivity contribution in [2.24, 2.45) is 33.9 Å². The molecule has 0 spiro atoms. The van der Waals surface area contributed by atoms with Crippen LogP contribution in [0.25, 0.3) is 11.3 Å². The van der Waals surface area contributed by atoms with E-state index >= 15 is 0 Å². The number of nitrogens with zero attached hydrogens (tertiary/aromatic N) is 4. The molecule has 1 aliphatic heterocycles. The zero-order valence-corrected chi connectivity index (χ0v) is 27.9. The SMILES string of the molecule is CC(C)COc1cc(N=Nc2nc(-c3ccccc3)c(C(=O)C3C=CC=CC3C)s2)c(S(=O)(=O)O)c2c1N(CC(C)C)CCC2. The number of thiazole rings is 1. The number of ether oxygens (including phenoxy) is 1. The molecule has 0 radical (unpaired) electrons. The van der Waals surface area contributed by atoms with Crippen molar-refractivity contribution in [2.45, 2.75) is 52.4 Å². The molecule has 0 fully saturated rings. The molecule has 0 saturated heterocycles. The Hall–Kier alpha value is -3.67. The second-order valence-electron chi connectivity index (χ2n) is 12.4. The first-order chi connectivity index (χ1) is 21.4. The summed E-state index contributed by atoms with van der Waals surface area (Å²) in [5, 5.41) is 8.92. The predicted molar refractivity (Wildman–Crippen MR) is 179 cm³/mol. The minimum Gasteiger partial charge on any atom is -0.491 e. The highest BCUT2D eigenvalue weighted by atomic mass is 32.2. The summed E-state index contributed by atoms with van der Waals surface area (Å²) in [4.78, 5) is 20.8. The Morgan fingerprint density at radius 3 is 2.51 bits per heavy atom. The summed E-state index contributed by atoms with van der Waals surface area (Å²) in [5.41, 5.74) is 2.40. The molecule has 2 aromatic carbocycles. The van der Waals surface area contributed by atoms with Gasteiger partial charge in [-0.3, -0.25) is 9.35 Å². The molecule has 238 valence electrons. The Balaban J connectivity index is 1.63. The molecule has 0 saturated carbocycles. The van der Waals surface area contributed by atoms with Crippen LogP contribution in [0, 0.1) is 23.7 Å². The Labute approximate surface area is 269 Å². The molecule has 2 unspecified atom stereocenters. The number of hydrogen-bond donors (Lipinski definition) is 1. The fourth-order valence-corrected chi connectivity index (χ4v) is 7.53. The molecule has 45 heavy (non-hydrogen) atoms. The molecule has 2 aliphatic rings. The summed E-state index contributed by atoms with van der Waals surface area (Å²) in [6.45, 7) is 12.2. The van der Waals surface area contributed by atoms with Gasteiger partial charge in [-0.2, -0.15) is 8.42 Å². The van der Waals surface area contributed by atoms with Crippen LogP contribution in [0.3, 0.4) is 0 Å². The first-order valence-electron chi connectivity index (χ1n) is 15.4. The third-order valence-corrected chi connectivity index (χ3v) is 9.65. The van der Waals surface area contributed by atoms with Gasteiger partial charge < -0.3 is 9.64 Å². The van der Waals surface area contributed by atoms with Crippen molar-refractivity contribution in [3.8, 4) is 17.0 Å². The van der Waals surface area contributed by atoms with E-state index in [9.17, 15) is 17.8 Å². The number of aromatic nitrogens is 1. The number of carbonyl (C=O) groups is 1. The van der Waals surface area contributed by atoms with Gasteiger partial charge in [-0.1, -0.05) is 101 Å². The number of ketones is 1. The normalized spacial score (nSPS) is 18.3. The monoisotopic (exact) mass is 648 g/mol. The molecule has 3 aromatic rings. The van der Waals surface area contributed by atoms with Crippen molar-refractivity contribution in [3.63, 3.8) is 0 Å². The highest BCUT2D eigenvalue weighted by Gasteiger charge is 2.33. The fraction of sp³-hybridized carbons (Fsp3) is 0.412. The number of allylic oxidation sites excluding steroid dienone is 4. The van der Waals surface area contributed by atoms with Gasteiger partial charge in [-0.05, 0) is 30.6 Å². The Kier molecular flexibility index (Phi) is 10.0. The zero-order valence-electron chi connectivity index (χ0n) is 26.3. The topological polar surface area (TPSA) is 122 Å². The summed E-state index contributed by atoms with van der Waals surface area (Å²) in [7, 11) is -4.68. The minimum absolute atomic E-state index is 0.0191. The maximum atomic E-state index is 13.8. The smallest absolute Gasteiger partial charge is 0.297 e. The van der Waals surface area contributed by atoms with Crippen LogP contribution >= 0.6 is 11.3 Å². The third-order valence-electron chi connectivity index (χ3n) is 7.72. The average molecular weight is 649 g/mol. The maximum Gasteiger partial charge on any atom is 0.297 e. The van der Waals surface area contributed by atoms with E-state index in [4.69, 9.17) is 4.74 Å². The van der Waals surface area contributed by atoms with Crippen LogP contribution in [-0.2, 0) is 16.5 Å². The quantitative estimate of drug-likeness (QED) is 0.126. The number of hydrogen-bond acceptors (Lipinski definition) is 9. The summed E-state index contributed by atoms with van der Waals surface area (Å²) in [6, 6.07) is 11.0. The van der Waals surface area contributed by atoms with E-state index in [1.54, 1.807) is 6.07 Å². The van der Waals surface area contributed by atoms with Crippen molar-refractivity contribution in [3.05, 3.63) is 71.1 Å². The molecule has 2 atom stereocenters. The minimum atomic E-state index is -4.68. The summed E-state index contributed by atoms with van der Waals surface area (Å²) >= 11 is 1.11. The van der Waals surface area contributed by atoms with Crippen molar-refractivity contribution < 1.29 is 22.5 Å². The van der Waals surface area contributed by atoms with Crippen LogP contribution in [0.4, 0.5) is 16.5 Å². The second kappa shape index (κ2) is 13.8. The first-order valence-corrected chi connectivity index (χ1v) is 17.6. The largest absolute Gasteiger partial charge is 0.491 e. The lowest BCUT2D eigenvalue weighted by Gasteiger charge is -2.35. The van der Waals surface area contributed by atoms with Crippen LogP contribution in [0.1, 0.15) is 56.3 Å². The molecule has 1 aliphatic carbocycles. The second-order valence-corrected chi connectivity index (χ2v) is 14.8. The molecule has 11 heteroatoms. The van der Waals surface area contributed by atoms with Gasteiger partial charge in [-0.15, -0.1) is 10.2 Å². The van der Waals surface area contributed by atoms with Crippen molar-refractivity contribution in [1.29, 1.82) is 0 Å². The molecule has 5 rings (SSSR count). The van der Waals surface area contributed by atoms with Crippen LogP contribution in [0.5, 0.6) is 5.75 Å². The molecule has 2 heterocycles. The van der Waals surface area contributed by atoms with Crippen LogP contribution in [-0.4, -0.2) is 43.4 Å². The van der Waals surface area contributed by atoms with Gasteiger partial charge in [0.25, 0.3) is 10.1 Å². The molecule has 0 bridgehead atoms. The van der Waals surface area contributed by atoms with Gasteiger partial charge in [0.05, 0.1) is 18.0 Å². The van der Waals surface area contributed by atoms with Crippen molar-refractivity contribution in [2.75, 3.05) is 24.6 Å². The summed E-state index contributed by atoms with van der Waals surface area (Å²) in [5.74, 6) is 0.671. The van der Waals surface area contributed by atoms with E-state index in [-0.39, 0.29) is 39.3 Å². The van der Waals surface area contributed by atoms with Gasteiger partial charge >= 0.3 is 0 Å². The lowest BCUT2D eigenvalue weighted by atomic mass is 9.85. The van der Waals surface area contributed by atoms with Crippen molar-refractivity contribution >= 4 is 43.7 Å². The predicted octanol–water partition coefficient (Wildman–Crippen LogP) is 8.48. The maximum absolute atomic E-state index is 13.8. The molecular formula is C34H40N4O5S2. The number of Topliss-reactive ketones (excluding diaryl/α,β-unsaturated/α-hetero) is 1. The molecule has 0 amide bonds. The average Bonchev–Trinajstić information content (AvgIpc) is 3.42. The highest BCUT2D eigenvalue weighted by Crippen LogP contribution is 2.46. The molecular weight excluding hydrogens is 609 g/mol. The number of fused-ring (bicyclic) bond motifs is 1. The first kappa shape index (κ1) is 32.7. The zero-order chi connectivity index (χ0) is 32.3. The summed E-state index contributed by atoms with van der Waals surface area (Å²) in [6.07, 6.45) is 8.87. The number of rotatable bonds is 11. The Morgan fingerprint density at radius 2 is 1.84 bits per heavy atom. The van der Waals surface area contributed by atoms with Crippen LogP contribution in [0.2, 0.25) is 0 Å². The molecule has 1 N–H and O–H groups in total. The number of anilines is 1. The Morgan fingerprint density at radius 1 is 1.11 bits per heavy atom. The van der Waals surface area contributed by atoms with E-state index in [0.29, 0.717) is 59.5 Å².